The van der Waals surface area contributed by atoms with Crippen LogP contribution in [0.15, 0.2) is 18.2 Å². The van der Waals surface area contributed by atoms with Crippen molar-refractivity contribution in [2.45, 2.75) is 20.3 Å². The van der Waals surface area contributed by atoms with Crippen LogP contribution in [0.5, 0.6) is 11.5 Å². The summed E-state index contributed by atoms with van der Waals surface area (Å²) < 4.78 is 15.8. The molecule has 0 aliphatic heterocycles. The van der Waals surface area contributed by atoms with E-state index in [-0.39, 0.29) is 5.91 Å². The van der Waals surface area contributed by atoms with Crippen molar-refractivity contribution in [3.63, 3.8) is 0 Å². The minimum Gasteiger partial charge on any atom is -0.497 e. The number of hydrogen-bond donors (Lipinski definition) is 1. The van der Waals surface area contributed by atoms with Gasteiger partial charge in [0.25, 0.3) is 5.91 Å². The molecule has 1 aromatic rings. The molecule has 21 heavy (non-hydrogen) atoms. The Morgan fingerprint density at radius 2 is 1.76 bits per heavy atom. The topological polar surface area (TPSA) is 56.8 Å². The van der Waals surface area contributed by atoms with E-state index in [2.05, 4.69) is 19.2 Å². The summed E-state index contributed by atoms with van der Waals surface area (Å²) >= 11 is 0. The molecule has 5 nitrogen and oxygen atoms in total. The van der Waals surface area contributed by atoms with Crippen LogP contribution < -0.4 is 14.8 Å². The van der Waals surface area contributed by atoms with Gasteiger partial charge in [-0.2, -0.15) is 0 Å². The van der Waals surface area contributed by atoms with Crippen molar-refractivity contribution in [1.82, 2.24) is 5.32 Å². The number of rotatable bonds is 9. The second-order valence-electron chi connectivity index (χ2n) is 5.18. The van der Waals surface area contributed by atoms with Crippen molar-refractivity contribution in [3.8, 4) is 11.5 Å². The molecular formula is C16H25NO4. The summed E-state index contributed by atoms with van der Waals surface area (Å²) in [4.78, 5) is 12.1. The second-order valence-corrected chi connectivity index (χ2v) is 5.18. The van der Waals surface area contributed by atoms with Crippen LogP contribution in [0.25, 0.3) is 0 Å². The third kappa shape index (κ3) is 6.49. The maximum absolute atomic E-state index is 12.1. The van der Waals surface area contributed by atoms with Crippen LogP contribution in [-0.2, 0) is 4.74 Å². The molecule has 0 fully saturated rings. The molecule has 0 heterocycles. The SMILES string of the molecule is COc1cc(OC)cc(C(=O)NCCCOCC(C)C)c1. The Kier molecular flexibility index (Phi) is 7.61. The number of methoxy groups -OCH3 is 2. The van der Waals surface area contributed by atoms with Gasteiger partial charge in [0.15, 0.2) is 0 Å². The highest BCUT2D eigenvalue weighted by molar-refractivity contribution is 5.95. The Morgan fingerprint density at radius 1 is 1.14 bits per heavy atom. The van der Waals surface area contributed by atoms with E-state index in [1.165, 1.54) is 0 Å². The van der Waals surface area contributed by atoms with Gasteiger partial charge in [0.2, 0.25) is 0 Å². The maximum atomic E-state index is 12.1. The monoisotopic (exact) mass is 295 g/mol. The Balaban J connectivity index is 2.41. The highest BCUT2D eigenvalue weighted by Crippen LogP contribution is 2.22. The van der Waals surface area contributed by atoms with Gasteiger partial charge in [-0.05, 0) is 24.5 Å². The van der Waals surface area contributed by atoms with E-state index in [0.29, 0.717) is 36.1 Å². The van der Waals surface area contributed by atoms with Crippen LogP contribution in [0.1, 0.15) is 30.6 Å². The minimum absolute atomic E-state index is 0.143. The zero-order valence-electron chi connectivity index (χ0n) is 13.3. The third-order valence-electron chi connectivity index (χ3n) is 2.82. The second kappa shape index (κ2) is 9.23. The first-order chi connectivity index (χ1) is 10.1. The standard InChI is InChI=1S/C16H25NO4/c1-12(2)11-21-7-5-6-17-16(18)13-8-14(19-3)10-15(9-13)20-4/h8-10,12H,5-7,11H2,1-4H3,(H,17,18). The van der Waals surface area contributed by atoms with Gasteiger partial charge < -0.3 is 19.5 Å². The van der Waals surface area contributed by atoms with Gasteiger partial charge >= 0.3 is 0 Å². The number of ether oxygens (including phenoxy) is 3. The lowest BCUT2D eigenvalue weighted by atomic mass is 10.2. The van der Waals surface area contributed by atoms with Crippen molar-refractivity contribution in [2.75, 3.05) is 34.0 Å². The molecule has 5 heteroatoms. The van der Waals surface area contributed by atoms with E-state index >= 15 is 0 Å². The lowest BCUT2D eigenvalue weighted by Crippen LogP contribution is -2.25. The molecule has 1 amide bonds. The molecule has 0 saturated carbocycles. The van der Waals surface area contributed by atoms with E-state index in [1.54, 1.807) is 32.4 Å². The van der Waals surface area contributed by atoms with Gasteiger partial charge in [-0.1, -0.05) is 13.8 Å². The highest BCUT2D eigenvalue weighted by atomic mass is 16.5. The van der Waals surface area contributed by atoms with E-state index in [4.69, 9.17) is 14.2 Å². The summed E-state index contributed by atoms with van der Waals surface area (Å²) in [5, 5.41) is 2.86. The first-order valence-corrected chi connectivity index (χ1v) is 7.15. The molecule has 0 spiro atoms. The molecular weight excluding hydrogens is 270 g/mol. The molecule has 118 valence electrons. The van der Waals surface area contributed by atoms with Crippen LogP contribution in [0.3, 0.4) is 0 Å². The average Bonchev–Trinajstić information content (AvgIpc) is 2.49. The first kappa shape index (κ1) is 17.3. The molecule has 1 aromatic carbocycles. The molecule has 0 bridgehead atoms. The number of amides is 1. The lowest BCUT2D eigenvalue weighted by Gasteiger charge is -2.10. The number of benzene rings is 1. The Hall–Kier alpha value is -1.75. The average molecular weight is 295 g/mol. The lowest BCUT2D eigenvalue weighted by molar-refractivity contribution is 0.0924. The molecule has 0 aliphatic carbocycles. The van der Waals surface area contributed by atoms with Gasteiger partial charge in [0, 0.05) is 31.4 Å². The normalized spacial score (nSPS) is 10.5. The van der Waals surface area contributed by atoms with E-state index in [9.17, 15) is 4.79 Å². The zero-order valence-corrected chi connectivity index (χ0v) is 13.3. The smallest absolute Gasteiger partial charge is 0.251 e. The maximum Gasteiger partial charge on any atom is 0.251 e. The summed E-state index contributed by atoms with van der Waals surface area (Å²) in [6.07, 6.45) is 0.791. The van der Waals surface area contributed by atoms with Crippen molar-refractivity contribution in [3.05, 3.63) is 23.8 Å². The van der Waals surface area contributed by atoms with Gasteiger partial charge in [-0.25, -0.2) is 0 Å². The summed E-state index contributed by atoms with van der Waals surface area (Å²) in [5.74, 6) is 1.58. The van der Waals surface area contributed by atoms with E-state index < -0.39 is 0 Å². The van der Waals surface area contributed by atoms with Crippen molar-refractivity contribution >= 4 is 5.91 Å². The number of hydrogen-bond acceptors (Lipinski definition) is 4. The van der Waals surface area contributed by atoms with E-state index in [1.807, 2.05) is 0 Å². The van der Waals surface area contributed by atoms with Gasteiger partial charge in [0.05, 0.1) is 14.2 Å². The number of carbonyl (C=O) groups is 1. The highest BCUT2D eigenvalue weighted by Gasteiger charge is 2.09. The quantitative estimate of drug-likeness (QED) is 0.711. The molecule has 0 saturated heterocycles. The molecule has 1 rings (SSSR count). The van der Waals surface area contributed by atoms with Crippen LogP contribution in [-0.4, -0.2) is 39.9 Å². The summed E-state index contributed by atoms with van der Waals surface area (Å²) in [6, 6.07) is 5.11. The van der Waals surface area contributed by atoms with Crippen LogP contribution in [0.2, 0.25) is 0 Å². The van der Waals surface area contributed by atoms with Crippen molar-refractivity contribution in [1.29, 1.82) is 0 Å². The summed E-state index contributed by atoms with van der Waals surface area (Å²) in [6.45, 7) is 6.20. The Bertz CT molecular complexity index is 424. The fraction of sp³-hybridized carbons (Fsp3) is 0.562. The molecule has 0 unspecified atom stereocenters. The molecule has 0 aliphatic rings. The molecule has 0 aromatic heterocycles. The van der Waals surface area contributed by atoms with Gasteiger partial charge in [-0.3, -0.25) is 4.79 Å². The third-order valence-corrected chi connectivity index (χ3v) is 2.82. The summed E-state index contributed by atoms with van der Waals surface area (Å²) in [7, 11) is 3.12. The van der Waals surface area contributed by atoms with Crippen LogP contribution in [0.4, 0.5) is 0 Å². The Morgan fingerprint density at radius 3 is 2.29 bits per heavy atom. The van der Waals surface area contributed by atoms with Crippen molar-refractivity contribution in [2.24, 2.45) is 5.92 Å². The minimum atomic E-state index is -0.143. The van der Waals surface area contributed by atoms with Crippen molar-refractivity contribution < 1.29 is 19.0 Å². The largest absolute Gasteiger partial charge is 0.497 e. The van der Waals surface area contributed by atoms with E-state index in [0.717, 1.165) is 13.0 Å². The molecule has 0 radical (unpaired) electrons. The van der Waals surface area contributed by atoms with Crippen LogP contribution >= 0.6 is 0 Å². The predicted molar refractivity (Wildman–Crippen MR) is 82.2 cm³/mol. The molecule has 0 atom stereocenters. The zero-order chi connectivity index (χ0) is 15.7. The fourth-order valence-electron chi connectivity index (χ4n) is 1.74. The first-order valence-electron chi connectivity index (χ1n) is 7.15. The predicted octanol–water partition coefficient (Wildman–Crippen LogP) is 2.50. The van der Waals surface area contributed by atoms with Gasteiger partial charge in [-0.15, -0.1) is 0 Å². The number of carbonyl (C=O) groups excluding carboxylic acids is 1. The number of nitrogens with one attached hydrogen (secondary N) is 1. The molecule has 1 N–H and O–H groups in total. The fourth-order valence-corrected chi connectivity index (χ4v) is 1.74. The van der Waals surface area contributed by atoms with Crippen LogP contribution in [0, 0.1) is 5.92 Å². The Labute approximate surface area is 126 Å². The summed E-state index contributed by atoms with van der Waals surface area (Å²) in [5.41, 5.74) is 0.522. The van der Waals surface area contributed by atoms with Gasteiger partial charge in [0.1, 0.15) is 11.5 Å².